The van der Waals surface area contributed by atoms with Crippen LogP contribution in [0.2, 0.25) is 0 Å². The van der Waals surface area contributed by atoms with Crippen molar-refractivity contribution in [2.75, 3.05) is 6.26 Å². The van der Waals surface area contributed by atoms with Crippen molar-refractivity contribution >= 4 is 17.7 Å². The fourth-order valence-electron chi connectivity index (χ4n) is 1.49. The van der Waals surface area contributed by atoms with Gasteiger partial charge < -0.3 is 5.32 Å². The smallest absolute Gasteiger partial charge is 0.244 e. The summed E-state index contributed by atoms with van der Waals surface area (Å²) in [6, 6.07) is 8.29. The lowest BCUT2D eigenvalue weighted by Gasteiger charge is -2.13. The second-order valence-electron chi connectivity index (χ2n) is 4.23. The summed E-state index contributed by atoms with van der Waals surface area (Å²) in [6.07, 6.45) is 3.67. The largest absolute Gasteiger partial charge is 0.346 e. The van der Waals surface area contributed by atoms with Crippen molar-refractivity contribution in [2.45, 2.75) is 31.7 Å². The van der Waals surface area contributed by atoms with E-state index in [1.807, 2.05) is 20.8 Å². The number of rotatable bonds is 4. The molecule has 1 aromatic carbocycles. The number of carbonyl (C=O) groups is 1. The molecular formula is C14H19NOS. The van der Waals surface area contributed by atoms with Gasteiger partial charge in [-0.25, -0.2) is 0 Å². The van der Waals surface area contributed by atoms with Gasteiger partial charge in [-0.2, -0.15) is 0 Å². The molecule has 1 rings (SSSR count). The van der Waals surface area contributed by atoms with Crippen LogP contribution < -0.4 is 5.32 Å². The number of benzene rings is 1. The fourth-order valence-corrected chi connectivity index (χ4v) is 1.90. The van der Waals surface area contributed by atoms with Gasteiger partial charge in [-0.1, -0.05) is 17.7 Å². The Kier molecular flexibility index (Phi) is 5.29. The number of thioether (sulfide) groups is 1. The molecule has 0 radical (unpaired) electrons. The number of nitrogens with one attached hydrogen (secondary N) is 1. The van der Waals surface area contributed by atoms with Crippen LogP contribution in [0.4, 0.5) is 0 Å². The van der Waals surface area contributed by atoms with Crippen LogP contribution in [-0.2, 0) is 4.79 Å². The highest BCUT2D eigenvalue weighted by atomic mass is 32.2. The number of amides is 1. The van der Waals surface area contributed by atoms with Crippen LogP contribution in [0.5, 0.6) is 0 Å². The second-order valence-corrected chi connectivity index (χ2v) is 5.10. The van der Waals surface area contributed by atoms with Gasteiger partial charge >= 0.3 is 0 Å². The maximum absolute atomic E-state index is 11.6. The summed E-state index contributed by atoms with van der Waals surface area (Å²) in [7, 11) is 0. The first kappa shape index (κ1) is 13.8. The van der Waals surface area contributed by atoms with Crippen LogP contribution in [0, 0.1) is 0 Å². The van der Waals surface area contributed by atoms with Crippen molar-refractivity contribution in [1.82, 2.24) is 5.32 Å². The van der Waals surface area contributed by atoms with E-state index in [0.29, 0.717) is 0 Å². The SMILES string of the molecule is CSc1ccc([C@H](C)NC(=O)C=C(C)C)cc1. The average molecular weight is 249 g/mol. The fraction of sp³-hybridized carbons (Fsp3) is 0.357. The third-order valence-electron chi connectivity index (χ3n) is 2.39. The van der Waals surface area contributed by atoms with E-state index in [1.54, 1.807) is 17.8 Å². The van der Waals surface area contributed by atoms with Crippen molar-refractivity contribution in [2.24, 2.45) is 0 Å². The summed E-state index contributed by atoms with van der Waals surface area (Å²) in [6.45, 7) is 5.82. The highest BCUT2D eigenvalue weighted by Gasteiger charge is 2.07. The summed E-state index contributed by atoms with van der Waals surface area (Å²) in [5.74, 6) is -0.0357. The normalized spacial score (nSPS) is 11.8. The predicted molar refractivity (Wildman–Crippen MR) is 74.2 cm³/mol. The van der Waals surface area contributed by atoms with Gasteiger partial charge in [0.2, 0.25) is 5.91 Å². The Labute approximate surface area is 107 Å². The molecule has 0 spiro atoms. The maximum Gasteiger partial charge on any atom is 0.244 e. The lowest BCUT2D eigenvalue weighted by molar-refractivity contribution is -0.117. The van der Waals surface area contributed by atoms with Gasteiger partial charge in [0, 0.05) is 11.0 Å². The van der Waals surface area contributed by atoms with E-state index in [1.165, 1.54) is 4.90 Å². The Morgan fingerprint density at radius 2 is 1.88 bits per heavy atom. The Balaban J connectivity index is 2.66. The monoisotopic (exact) mass is 249 g/mol. The number of hydrogen-bond donors (Lipinski definition) is 1. The van der Waals surface area contributed by atoms with Gasteiger partial charge in [-0.15, -0.1) is 11.8 Å². The van der Waals surface area contributed by atoms with Crippen molar-refractivity contribution in [1.29, 1.82) is 0 Å². The summed E-state index contributed by atoms with van der Waals surface area (Å²) in [4.78, 5) is 12.8. The molecule has 1 atom stereocenters. The van der Waals surface area contributed by atoms with Crippen LogP contribution >= 0.6 is 11.8 Å². The Bertz CT molecular complexity index is 405. The summed E-state index contributed by atoms with van der Waals surface area (Å²) in [5, 5.41) is 2.94. The highest BCUT2D eigenvalue weighted by Crippen LogP contribution is 2.18. The van der Waals surface area contributed by atoms with E-state index in [4.69, 9.17) is 0 Å². The summed E-state index contributed by atoms with van der Waals surface area (Å²) >= 11 is 1.71. The van der Waals surface area contributed by atoms with Crippen LogP contribution in [0.15, 0.2) is 40.8 Å². The quantitative estimate of drug-likeness (QED) is 0.653. The van der Waals surface area contributed by atoms with Gasteiger partial charge in [0.1, 0.15) is 0 Å². The molecule has 0 saturated heterocycles. The minimum absolute atomic E-state index is 0.0357. The summed E-state index contributed by atoms with van der Waals surface area (Å²) < 4.78 is 0. The molecule has 0 aromatic heterocycles. The average Bonchev–Trinajstić information content (AvgIpc) is 2.28. The lowest BCUT2D eigenvalue weighted by Crippen LogP contribution is -2.24. The predicted octanol–water partition coefficient (Wildman–Crippen LogP) is 3.55. The standard InChI is InChI=1S/C14H19NOS/c1-10(2)9-14(16)15-11(3)12-5-7-13(17-4)8-6-12/h5-9,11H,1-4H3,(H,15,16)/t11-/m0/s1. The summed E-state index contributed by atoms with van der Waals surface area (Å²) in [5.41, 5.74) is 2.13. The molecule has 17 heavy (non-hydrogen) atoms. The van der Waals surface area contributed by atoms with Gasteiger partial charge in [0.25, 0.3) is 0 Å². The zero-order valence-corrected chi connectivity index (χ0v) is 11.6. The molecule has 0 unspecified atom stereocenters. The van der Waals surface area contributed by atoms with Crippen LogP contribution in [-0.4, -0.2) is 12.2 Å². The molecule has 0 aliphatic heterocycles. The Hall–Kier alpha value is -1.22. The van der Waals surface area contributed by atoms with E-state index >= 15 is 0 Å². The van der Waals surface area contributed by atoms with E-state index in [-0.39, 0.29) is 11.9 Å². The molecule has 92 valence electrons. The maximum atomic E-state index is 11.6. The molecule has 1 amide bonds. The zero-order chi connectivity index (χ0) is 12.8. The van der Waals surface area contributed by atoms with Gasteiger partial charge in [0.15, 0.2) is 0 Å². The first-order chi connectivity index (χ1) is 8.02. The highest BCUT2D eigenvalue weighted by molar-refractivity contribution is 7.98. The second kappa shape index (κ2) is 6.50. The van der Waals surface area contributed by atoms with Crippen LogP contribution in [0.25, 0.3) is 0 Å². The van der Waals surface area contributed by atoms with E-state index in [2.05, 4.69) is 35.8 Å². The molecule has 3 heteroatoms. The number of allylic oxidation sites excluding steroid dienone is 1. The Morgan fingerprint density at radius 3 is 2.35 bits per heavy atom. The molecule has 0 aliphatic rings. The first-order valence-electron chi connectivity index (χ1n) is 5.62. The molecular weight excluding hydrogens is 230 g/mol. The van der Waals surface area contributed by atoms with E-state index in [0.717, 1.165) is 11.1 Å². The minimum Gasteiger partial charge on any atom is -0.346 e. The van der Waals surface area contributed by atoms with Crippen molar-refractivity contribution in [3.05, 3.63) is 41.5 Å². The van der Waals surface area contributed by atoms with Crippen molar-refractivity contribution in [3.63, 3.8) is 0 Å². The topological polar surface area (TPSA) is 29.1 Å². The third kappa shape index (κ3) is 4.65. The molecule has 1 aromatic rings. The molecule has 2 nitrogen and oxygen atoms in total. The minimum atomic E-state index is -0.0357. The van der Waals surface area contributed by atoms with Gasteiger partial charge in [-0.05, 0) is 44.7 Å². The first-order valence-corrected chi connectivity index (χ1v) is 6.84. The van der Waals surface area contributed by atoms with Gasteiger partial charge in [-0.3, -0.25) is 4.79 Å². The van der Waals surface area contributed by atoms with E-state index in [9.17, 15) is 4.79 Å². The van der Waals surface area contributed by atoms with Crippen molar-refractivity contribution in [3.8, 4) is 0 Å². The molecule has 0 fully saturated rings. The van der Waals surface area contributed by atoms with Crippen molar-refractivity contribution < 1.29 is 4.79 Å². The number of carbonyl (C=O) groups excluding carboxylic acids is 1. The van der Waals surface area contributed by atoms with Crippen LogP contribution in [0.3, 0.4) is 0 Å². The number of hydrogen-bond acceptors (Lipinski definition) is 2. The van der Waals surface area contributed by atoms with Crippen LogP contribution in [0.1, 0.15) is 32.4 Å². The molecule has 0 heterocycles. The molecule has 0 saturated carbocycles. The molecule has 0 aliphatic carbocycles. The van der Waals surface area contributed by atoms with Gasteiger partial charge in [0.05, 0.1) is 6.04 Å². The third-order valence-corrected chi connectivity index (χ3v) is 3.14. The Morgan fingerprint density at radius 1 is 1.29 bits per heavy atom. The molecule has 1 N–H and O–H groups in total. The van der Waals surface area contributed by atoms with E-state index < -0.39 is 0 Å². The lowest BCUT2D eigenvalue weighted by atomic mass is 10.1. The molecule has 0 bridgehead atoms. The zero-order valence-electron chi connectivity index (χ0n) is 10.8.